The first-order valence-corrected chi connectivity index (χ1v) is 8.19. The molecule has 2 heterocycles. The molecule has 0 bridgehead atoms. The molecule has 2 aromatic heterocycles. The highest BCUT2D eigenvalue weighted by atomic mass is 19.4. The molecule has 4 aromatic rings. The average Bonchev–Trinajstić information content (AvgIpc) is 3.09. The third-order valence-corrected chi connectivity index (χ3v) is 4.22. The van der Waals surface area contributed by atoms with E-state index < -0.39 is 23.1 Å². The molecule has 0 aliphatic heterocycles. The minimum Gasteiger partial charge on any atom is -0.265 e. The molecule has 2 aromatic carbocycles. The molecule has 0 N–H and O–H groups in total. The van der Waals surface area contributed by atoms with Crippen LogP contribution in [0.3, 0.4) is 0 Å². The van der Waals surface area contributed by atoms with Gasteiger partial charge in [0.15, 0.2) is 0 Å². The van der Waals surface area contributed by atoms with Gasteiger partial charge in [-0.3, -0.25) is 4.79 Å². The predicted molar refractivity (Wildman–Crippen MR) is 93.2 cm³/mol. The number of benzene rings is 2. The molecule has 0 unspecified atom stereocenters. The Morgan fingerprint density at radius 1 is 1.00 bits per heavy atom. The maximum atomic E-state index is 13.1. The van der Waals surface area contributed by atoms with Gasteiger partial charge in [0.25, 0.3) is 5.56 Å². The van der Waals surface area contributed by atoms with Crippen molar-refractivity contribution in [3.63, 3.8) is 0 Å². The van der Waals surface area contributed by atoms with Gasteiger partial charge in [-0.15, -0.1) is 0 Å². The first-order chi connectivity index (χ1) is 13.3. The van der Waals surface area contributed by atoms with E-state index in [9.17, 15) is 22.4 Å². The highest BCUT2D eigenvalue weighted by Gasteiger charge is 2.30. The largest absolute Gasteiger partial charge is 0.416 e. The summed E-state index contributed by atoms with van der Waals surface area (Å²) in [5.74, 6) is -0.391. The van der Waals surface area contributed by atoms with E-state index in [0.717, 1.165) is 16.8 Å². The monoisotopic (exact) mass is 388 g/mol. The highest BCUT2D eigenvalue weighted by Crippen LogP contribution is 2.29. The van der Waals surface area contributed by atoms with Gasteiger partial charge in [0.2, 0.25) is 0 Å². The number of halogens is 4. The molecule has 9 heteroatoms. The molecule has 0 aliphatic rings. The lowest BCUT2D eigenvalue weighted by atomic mass is 10.1. The Morgan fingerprint density at radius 2 is 1.75 bits per heavy atom. The minimum absolute atomic E-state index is 0.115. The molecule has 142 valence electrons. The van der Waals surface area contributed by atoms with E-state index >= 15 is 0 Å². The molecule has 0 saturated carbocycles. The quantitative estimate of drug-likeness (QED) is 0.502. The van der Waals surface area contributed by atoms with Gasteiger partial charge < -0.3 is 0 Å². The summed E-state index contributed by atoms with van der Waals surface area (Å²) in [6, 6.07) is 11.9. The minimum atomic E-state index is -4.46. The van der Waals surface area contributed by atoms with Gasteiger partial charge in [0, 0.05) is 5.56 Å². The summed E-state index contributed by atoms with van der Waals surface area (Å²) < 4.78 is 54.0. The maximum absolute atomic E-state index is 13.1. The van der Waals surface area contributed by atoms with E-state index in [2.05, 4.69) is 10.2 Å². The Kier molecular flexibility index (Phi) is 4.21. The lowest BCUT2D eigenvalue weighted by molar-refractivity contribution is -0.137. The summed E-state index contributed by atoms with van der Waals surface area (Å²) in [4.78, 5) is 12.7. The summed E-state index contributed by atoms with van der Waals surface area (Å²) in [5, 5.41) is 8.22. The van der Waals surface area contributed by atoms with Gasteiger partial charge in [-0.1, -0.05) is 12.1 Å². The van der Waals surface area contributed by atoms with E-state index in [1.54, 1.807) is 0 Å². The van der Waals surface area contributed by atoms with E-state index in [0.29, 0.717) is 16.8 Å². The first kappa shape index (κ1) is 17.9. The van der Waals surface area contributed by atoms with Gasteiger partial charge in [-0.25, -0.2) is 13.6 Å². The zero-order valence-corrected chi connectivity index (χ0v) is 14.2. The first-order valence-electron chi connectivity index (χ1n) is 8.19. The fourth-order valence-electron chi connectivity index (χ4n) is 2.83. The second kappa shape index (κ2) is 6.59. The van der Waals surface area contributed by atoms with Crippen molar-refractivity contribution in [2.45, 2.75) is 12.7 Å². The lowest BCUT2D eigenvalue weighted by Crippen LogP contribution is -2.25. The molecular formula is C19H12F4N4O. The van der Waals surface area contributed by atoms with Gasteiger partial charge in [-0.2, -0.15) is 23.4 Å². The van der Waals surface area contributed by atoms with Crippen molar-refractivity contribution < 1.29 is 17.6 Å². The number of rotatable bonds is 3. The van der Waals surface area contributed by atoms with Gasteiger partial charge in [-0.05, 0) is 48.0 Å². The zero-order chi connectivity index (χ0) is 19.9. The topological polar surface area (TPSA) is 52.2 Å². The molecule has 4 rings (SSSR count). The van der Waals surface area contributed by atoms with E-state index in [1.807, 2.05) is 0 Å². The SMILES string of the molecule is O=c1c2cc(-c3ccc(F)cc3)nn2cnn1Cc1cccc(C(F)(F)F)c1. The molecule has 0 atom stereocenters. The summed E-state index contributed by atoms with van der Waals surface area (Å²) in [6.45, 7) is -0.115. The zero-order valence-electron chi connectivity index (χ0n) is 14.2. The van der Waals surface area contributed by atoms with Gasteiger partial charge in [0.1, 0.15) is 17.7 Å². The third-order valence-electron chi connectivity index (χ3n) is 4.22. The van der Waals surface area contributed by atoms with Crippen LogP contribution in [0, 0.1) is 5.82 Å². The van der Waals surface area contributed by atoms with Crippen molar-refractivity contribution in [1.82, 2.24) is 19.4 Å². The number of fused-ring (bicyclic) bond motifs is 1. The van der Waals surface area contributed by atoms with Crippen LogP contribution in [0.4, 0.5) is 17.6 Å². The summed E-state index contributed by atoms with van der Waals surface area (Å²) in [5.41, 5.74) is 0.292. The fraction of sp³-hybridized carbons (Fsp3) is 0.105. The Balaban J connectivity index is 1.70. The summed E-state index contributed by atoms with van der Waals surface area (Å²) in [7, 11) is 0. The summed E-state index contributed by atoms with van der Waals surface area (Å²) >= 11 is 0. The molecular weight excluding hydrogens is 376 g/mol. The third kappa shape index (κ3) is 3.38. The predicted octanol–water partition coefficient (Wildman–Crippen LogP) is 3.76. The van der Waals surface area contributed by atoms with Crippen molar-refractivity contribution in [3.8, 4) is 11.3 Å². The van der Waals surface area contributed by atoms with Crippen LogP contribution in [0.1, 0.15) is 11.1 Å². The average molecular weight is 388 g/mol. The van der Waals surface area contributed by atoms with Crippen LogP contribution in [0.2, 0.25) is 0 Å². The van der Waals surface area contributed by atoms with Gasteiger partial charge in [0.05, 0.1) is 17.8 Å². The Morgan fingerprint density at radius 3 is 2.46 bits per heavy atom. The van der Waals surface area contributed by atoms with Crippen molar-refractivity contribution in [2.24, 2.45) is 0 Å². The Hall–Kier alpha value is -3.49. The van der Waals surface area contributed by atoms with Crippen molar-refractivity contribution >= 4 is 5.52 Å². The van der Waals surface area contributed by atoms with E-state index in [1.165, 1.54) is 53.3 Å². The summed E-state index contributed by atoms with van der Waals surface area (Å²) in [6.07, 6.45) is -3.16. The van der Waals surface area contributed by atoms with Crippen LogP contribution >= 0.6 is 0 Å². The standard InChI is InChI=1S/C19H12F4N4O/c20-15-6-4-13(5-7-15)16-9-17-18(28)26(24-11-27(17)25-16)10-12-2-1-3-14(8-12)19(21,22)23/h1-9,11H,10H2. The van der Waals surface area contributed by atoms with Crippen LogP contribution < -0.4 is 5.56 Å². The smallest absolute Gasteiger partial charge is 0.265 e. The second-order valence-corrected chi connectivity index (χ2v) is 6.16. The van der Waals surface area contributed by atoms with Crippen molar-refractivity contribution in [2.75, 3.05) is 0 Å². The molecule has 0 radical (unpaired) electrons. The van der Waals surface area contributed by atoms with Crippen LogP contribution in [-0.2, 0) is 12.7 Å². The molecule has 28 heavy (non-hydrogen) atoms. The highest BCUT2D eigenvalue weighted by molar-refractivity contribution is 5.65. The number of alkyl halides is 3. The number of hydrogen-bond donors (Lipinski definition) is 0. The van der Waals surface area contributed by atoms with E-state index in [4.69, 9.17) is 0 Å². The molecule has 0 aliphatic carbocycles. The van der Waals surface area contributed by atoms with Crippen LogP contribution in [-0.4, -0.2) is 19.4 Å². The Labute approximate surface area is 155 Å². The van der Waals surface area contributed by atoms with Crippen LogP contribution in [0.15, 0.2) is 65.7 Å². The number of nitrogens with zero attached hydrogens (tertiary/aromatic N) is 4. The molecule has 0 saturated heterocycles. The molecule has 0 fully saturated rings. The lowest BCUT2D eigenvalue weighted by Gasteiger charge is -2.09. The van der Waals surface area contributed by atoms with Crippen molar-refractivity contribution in [3.05, 3.63) is 88.2 Å². The second-order valence-electron chi connectivity index (χ2n) is 6.16. The molecule has 5 nitrogen and oxygen atoms in total. The Bertz CT molecular complexity index is 1210. The number of aromatic nitrogens is 4. The maximum Gasteiger partial charge on any atom is 0.416 e. The van der Waals surface area contributed by atoms with Gasteiger partial charge >= 0.3 is 6.18 Å². The normalized spacial score (nSPS) is 11.9. The van der Waals surface area contributed by atoms with Crippen LogP contribution in [0.5, 0.6) is 0 Å². The van der Waals surface area contributed by atoms with E-state index in [-0.39, 0.29) is 12.1 Å². The van der Waals surface area contributed by atoms with Crippen molar-refractivity contribution in [1.29, 1.82) is 0 Å². The van der Waals surface area contributed by atoms with Crippen LogP contribution in [0.25, 0.3) is 16.8 Å². The number of hydrogen-bond acceptors (Lipinski definition) is 3. The molecule has 0 spiro atoms. The molecule has 0 amide bonds. The fourth-order valence-corrected chi connectivity index (χ4v) is 2.83.